The normalized spacial score (nSPS) is 13.3. The first kappa shape index (κ1) is 28.1. The van der Waals surface area contributed by atoms with Crippen LogP contribution in [0.4, 0.5) is 0 Å². The van der Waals surface area contributed by atoms with Gasteiger partial charge in [-0.05, 0) is 117 Å². The van der Waals surface area contributed by atoms with E-state index >= 15 is 0 Å². The van der Waals surface area contributed by atoms with Gasteiger partial charge in [0.25, 0.3) is 0 Å². The van der Waals surface area contributed by atoms with Gasteiger partial charge in [-0.2, -0.15) is 0 Å². The van der Waals surface area contributed by atoms with E-state index in [1.165, 1.54) is 98.7 Å². The Kier molecular flexibility index (Phi) is 6.02. The van der Waals surface area contributed by atoms with Crippen molar-refractivity contribution in [2.75, 3.05) is 0 Å². The number of rotatable bonds is 3. The molecule has 0 aromatic heterocycles. The summed E-state index contributed by atoms with van der Waals surface area (Å²) < 4.78 is 0. The van der Waals surface area contributed by atoms with E-state index in [9.17, 15) is 0 Å². The second-order valence-electron chi connectivity index (χ2n) is 14.0. The zero-order chi connectivity index (χ0) is 32.7. The lowest BCUT2D eigenvalue weighted by atomic mass is 9.81. The zero-order valence-corrected chi connectivity index (χ0v) is 27.7. The molecule has 10 rings (SSSR count). The van der Waals surface area contributed by atoms with Gasteiger partial charge in [0.05, 0.1) is 0 Å². The van der Waals surface area contributed by atoms with Gasteiger partial charge >= 0.3 is 0 Å². The zero-order valence-electron chi connectivity index (χ0n) is 27.7. The highest BCUT2D eigenvalue weighted by molar-refractivity contribution is 6.23. The van der Waals surface area contributed by atoms with Crippen LogP contribution in [0.5, 0.6) is 0 Å². The summed E-state index contributed by atoms with van der Waals surface area (Å²) in [7, 11) is 0. The predicted molar refractivity (Wildman–Crippen MR) is 210 cm³/mol. The van der Waals surface area contributed by atoms with Crippen LogP contribution in [-0.4, -0.2) is 0 Å². The summed E-state index contributed by atoms with van der Waals surface area (Å²) in [6.45, 7) is 4.75. The summed E-state index contributed by atoms with van der Waals surface area (Å²) >= 11 is 0. The van der Waals surface area contributed by atoms with E-state index in [4.69, 9.17) is 0 Å². The van der Waals surface area contributed by atoms with Crippen molar-refractivity contribution in [3.05, 3.63) is 181 Å². The molecule has 49 heavy (non-hydrogen) atoms. The van der Waals surface area contributed by atoms with Crippen LogP contribution in [0.3, 0.4) is 0 Å². The topological polar surface area (TPSA) is 0 Å². The van der Waals surface area contributed by atoms with E-state index in [2.05, 4.69) is 184 Å². The van der Waals surface area contributed by atoms with E-state index in [0.717, 1.165) is 0 Å². The predicted octanol–water partition coefficient (Wildman–Crippen LogP) is 13.6. The summed E-state index contributed by atoms with van der Waals surface area (Å²) in [6.07, 6.45) is 0. The summed E-state index contributed by atoms with van der Waals surface area (Å²) in [5.41, 5.74) is 13.1. The molecule has 9 aromatic carbocycles. The maximum atomic E-state index is 2.47. The lowest BCUT2D eigenvalue weighted by Gasteiger charge is -2.22. The SMILES string of the molecule is CC1(C)c2ccc(-c3c4ccccc4c(-c4ccccc4-c4cccc5ccccc45)c4ccccc34)cc2-c2cc3ccccc3cc21. The van der Waals surface area contributed by atoms with Crippen LogP contribution in [0.15, 0.2) is 170 Å². The van der Waals surface area contributed by atoms with Crippen LogP contribution in [0.25, 0.3) is 87.6 Å². The van der Waals surface area contributed by atoms with Crippen LogP contribution in [0, 0.1) is 0 Å². The fraction of sp³-hybridized carbons (Fsp3) is 0.0612. The van der Waals surface area contributed by atoms with Crippen molar-refractivity contribution in [3.8, 4) is 44.5 Å². The van der Waals surface area contributed by atoms with Gasteiger partial charge in [-0.15, -0.1) is 0 Å². The number of benzene rings is 9. The van der Waals surface area contributed by atoms with Gasteiger partial charge in [0.15, 0.2) is 0 Å². The fourth-order valence-electron chi connectivity index (χ4n) is 8.72. The Bertz CT molecular complexity index is 2730. The lowest BCUT2D eigenvalue weighted by Crippen LogP contribution is -2.14. The van der Waals surface area contributed by atoms with Crippen molar-refractivity contribution in [2.45, 2.75) is 19.3 Å². The van der Waals surface area contributed by atoms with Crippen molar-refractivity contribution in [3.63, 3.8) is 0 Å². The molecular formula is C49H34. The fourth-order valence-corrected chi connectivity index (χ4v) is 8.72. The molecule has 0 saturated carbocycles. The first-order valence-corrected chi connectivity index (χ1v) is 17.3. The molecule has 0 heteroatoms. The molecule has 9 aromatic rings. The Hall–Kier alpha value is -5.98. The minimum atomic E-state index is -0.0630. The Labute approximate surface area is 286 Å². The average molecular weight is 623 g/mol. The van der Waals surface area contributed by atoms with Crippen LogP contribution in [0.1, 0.15) is 25.0 Å². The monoisotopic (exact) mass is 622 g/mol. The van der Waals surface area contributed by atoms with E-state index in [0.29, 0.717) is 0 Å². The van der Waals surface area contributed by atoms with Gasteiger partial charge in [0, 0.05) is 5.41 Å². The molecule has 0 spiro atoms. The summed E-state index contributed by atoms with van der Waals surface area (Å²) in [4.78, 5) is 0. The second-order valence-corrected chi connectivity index (χ2v) is 14.0. The molecule has 0 amide bonds. The van der Waals surface area contributed by atoms with Gasteiger partial charge in [-0.25, -0.2) is 0 Å². The van der Waals surface area contributed by atoms with Crippen LogP contribution in [-0.2, 0) is 5.41 Å². The van der Waals surface area contributed by atoms with Gasteiger partial charge < -0.3 is 0 Å². The minimum Gasteiger partial charge on any atom is -0.0616 e. The van der Waals surface area contributed by atoms with Crippen LogP contribution >= 0.6 is 0 Å². The Morgan fingerprint density at radius 2 is 0.796 bits per heavy atom. The Morgan fingerprint density at radius 1 is 0.306 bits per heavy atom. The molecule has 0 atom stereocenters. The third kappa shape index (κ3) is 4.11. The second kappa shape index (κ2) is 10.5. The van der Waals surface area contributed by atoms with Crippen LogP contribution < -0.4 is 0 Å². The smallest absolute Gasteiger partial charge is 0.0159 e. The van der Waals surface area contributed by atoms with Gasteiger partial charge in [0.1, 0.15) is 0 Å². The van der Waals surface area contributed by atoms with Crippen molar-refractivity contribution in [1.29, 1.82) is 0 Å². The third-order valence-electron chi connectivity index (χ3n) is 11.0. The molecule has 1 aliphatic carbocycles. The van der Waals surface area contributed by atoms with Gasteiger partial charge in [0.2, 0.25) is 0 Å². The standard InChI is InChI=1S/C49H34/c1-49(2)45-27-26-34(29-43(45)44-28-32-15-3-4-16-33(32)30-46(44)49)47-39-21-9-11-23-41(39)48(42-24-12-10-22-40(42)47)38-20-8-7-19-37(38)36-25-13-17-31-14-5-6-18-35(31)36/h3-30H,1-2H3. The first-order valence-electron chi connectivity index (χ1n) is 17.3. The average Bonchev–Trinajstić information content (AvgIpc) is 3.37. The molecule has 1 aliphatic rings. The summed E-state index contributed by atoms with van der Waals surface area (Å²) in [6, 6.07) is 63.2. The number of fused-ring (bicyclic) bond motifs is 7. The molecule has 230 valence electrons. The van der Waals surface area contributed by atoms with Gasteiger partial charge in [-0.3, -0.25) is 0 Å². The molecule has 0 bridgehead atoms. The highest BCUT2D eigenvalue weighted by Crippen LogP contribution is 2.52. The third-order valence-corrected chi connectivity index (χ3v) is 11.0. The molecule has 0 N–H and O–H groups in total. The summed E-state index contributed by atoms with van der Waals surface area (Å²) in [5, 5.41) is 10.2. The molecule has 0 saturated heterocycles. The van der Waals surface area contributed by atoms with Crippen molar-refractivity contribution >= 4 is 43.1 Å². The van der Waals surface area contributed by atoms with E-state index < -0.39 is 0 Å². The summed E-state index contributed by atoms with van der Waals surface area (Å²) in [5.74, 6) is 0. The largest absolute Gasteiger partial charge is 0.0616 e. The minimum absolute atomic E-state index is 0.0630. The van der Waals surface area contributed by atoms with Crippen LogP contribution in [0.2, 0.25) is 0 Å². The van der Waals surface area contributed by atoms with E-state index in [1.54, 1.807) is 0 Å². The molecule has 0 aliphatic heterocycles. The number of hydrogen-bond acceptors (Lipinski definition) is 0. The Balaban J connectivity index is 1.26. The number of hydrogen-bond donors (Lipinski definition) is 0. The molecule has 0 fully saturated rings. The first-order chi connectivity index (χ1) is 24.1. The molecule has 0 heterocycles. The van der Waals surface area contributed by atoms with Crippen molar-refractivity contribution in [1.82, 2.24) is 0 Å². The molecule has 0 radical (unpaired) electrons. The highest BCUT2D eigenvalue weighted by Gasteiger charge is 2.36. The maximum Gasteiger partial charge on any atom is 0.0159 e. The highest BCUT2D eigenvalue weighted by atomic mass is 14.4. The Morgan fingerprint density at radius 3 is 1.49 bits per heavy atom. The van der Waals surface area contributed by atoms with Gasteiger partial charge in [-0.1, -0.05) is 166 Å². The quantitative estimate of drug-likeness (QED) is 0.172. The van der Waals surface area contributed by atoms with E-state index in [1.807, 2.05) is 0 Å². The molecular weight excluding hydrogens is 589 g/mol. The van der Waals surface area contributed by atoms with Crippen molar-refractivity contribution < 1.29 is 0 Å². The lowest BCUT2D eigenvalue weighted by molar-refractivity contribution is 0.661. The molecule has 0 unspecified atom stereocenters. The van der Waals surface area contributed by atoms with E-state index in [-0.39, 0.29) is 5.41 Å². The maximum absolute atomic E-state index is 2.47. The molecule has 0 nitrogen and oxygen atoms in total. The van der Waals surface area contributed by atoms with Crippen molar-refractivity contribution in [2.24, 2.45) is 0 Å².